The van der Waals surface area contributed by atoms with Gasteiger partial charge in [0.1, 0.15) is 0 Å². The summed E-state index contributed by atoms with van der Waals surface area (Å²) in [7, 11) is -0.334. The molecule has 0 amide bonds. The molecule has 1 fully saturated rings. The molecule has 1 saturated heterocycles. The van der Waals surface area contributed by atoms with Crippen LogP contribution in [-0.4, -0.2) is 24.4 Å². The van der Waals surface area contributed by atoms with Crippen molar-refractivity contribution < 1.29 is 14.0 Å². The van der Waals surface area contributed by atoms with Gasteiger partial charge in [-0.25, -0.2) is 0 Å². The highest BCUT2D eigenvalue weighted by atomic mass is 16.7. The van der Waals surface area contributed by atoms with E-state index in [2.05, 4.69) is 6.07 Å². The van der Waals surface area contributed by atoms with Crippen LogP contribution >= 0.6 is 0 Å². The van der Waals surface area contributed by atoms with Crippen molar-refractivity contribution in [2.24, 2.45) is 0 Å². The van der Waals surface area contributed by atoms with E-state index in [4.69, 9.17) is 19.3 Å². The van der Waals surface area contributed by atoms with Crippen molar-refractivity contribution in [3.05, 3.63) is 35.9 Å². The lowest BCUT2D eigenvalue weighted by Gasteiger charge is -2.32. The Bertz CT molecular complexity index is 508. The minimum Gasteiger partial charge on any atom is -0.403 e. The van der Waals surface area contributed by atoms with Crippen LogP contribution in [-0.2, 0) is 20.7 Å². The lowest BCUT2D eigenvalue weighted by atomic mass is 9.81. The third-order valence-corrected chi connectivity index (χ3v) is 4.40. The molecule has 1 unspecified atom stereocenters. The van der Waals surface area contributed by atoms with Crippen LogP contribution in [0.25, 0.3) is 0 Å². The van der Waals surface area contributed by atoms with Crippen LogP contribution in [0.15, 0.2) is 30.3 Å². The molecule has 0 aromatic heterocycles. The monoisotopic (exact) mass is 301 g/mol. The Balaban J connectivity index is 1.91. The quantitative estimate of drug-likeness (QED) is 0.754. The smallest absolute Gasteiger partial charge is 0.403 e. The van der Waals surface area contributed by atoms with Crippen molar-refractivity contribution in [2.75, 3.05) is 0 Å². The molecule has 1 aliphatic rings. The number of nitriles is 1. The predicted octanol–water partition coefficient (Wildman–Crippen LogP) is 3.58. The zero-order valence-corrected chi connectivity index (χ0v) is 13.8. The molecule has 4 nitrogen and oxygen atoms in total. The summed E-state index contributed by atoms with van der Waals surface area (Å²) in [6.45, 7) is 8.59. The van der Waals surface area contributed by atoms with Crippen LogP contribution in [0.5, 0.6) is 0 Å². The van der Waals surface area contributed by atoms with Gasteiger partial charge in [0.25, 0.3) is 0 Å². The van der Waals surface area contributed by atoms with Gasteiger partial charge in [-0.15, -0.1) is 0 Å². The summed E-state index contributed by atoms with van der Waals surface area (Å²) in [6.07, 6.45) is 0.698. The van der Waals surface area contributed by atoms with E-state index in [1.54, 1.807) is 0 Å². The summed E-state index contributed by atoms with van der Waals surface area (Å²) in [5.41, 5.74) is 0.391. The van der Waals surface area contributed by atoms with E-state index < -0.39 is 0 Å². The molecule has 0 aliphatic carbocycles. The number of nitrogens with zero attached hydrogens (tertiary/aromatic N) is 1. The van der Waals surface area contributed by atoms with Crippen molar-refractivity contribution >= 4 is 7.12 Å². The van der Waals surface area contributed by atoms with Gasteiger partial charge in [-0.05, 0) is 33.3 Å². The minimum atomic E-state index is -0.353. The Morgan fingerprint density at radius 1 is 1.14 bits per heavy atom. The van der Waals surface area contributed by atoms with E-state index in [1.165, 1.54) is 0 Å². The molecule has 0 saturated carbocycles. The van der Waals surface area contributed by atoms with Gasteiger partial charge in [0, 0.05) is 6.32 Å². The molecule has 1 heterocycles. The van der Waals surface area contributed by atoms with E-state index >= 15 is 0 Å². The minimum absolute atomic E-state index is 0.195. The molecular weight excluding hydrogens is 277 g/mol. The van der Waals surface area contributed by atoms with E-state index in [-0.39, 0.29) is 24.4 Å². The fraction of sp³-hybridized carbons (Fsp3) is 0.588. The lowest BCUT2D eigenvalue weighted by Crippen LogP contribution is -2.41. The summed E-state index contributed by atoms with van der Waals surface area (Å²) >= 11 is 0. The van der Waals surface area contributed by atoms with Crippen LogP contribution in [0.2, 0.25) is 6.32 Å². The van der Waals surface area contributed by atoms with Crippen LogP contribution < -0.4 is 0 Å². The fourth-order valence-corrected chi connectivity index (χ4v) is 2.38. The van der Waals surface area contributed by atoms with Crippen molar-refractivity contribution in [2.45, 2.75) is 64.3 Å². The van der Waals surface area contributed by atoms with Crippen LogP contribution in [0.4, 0.5) is 0 Å². The zero-order valence-electron chi connectivity index (χ0n) is 13.8. The maximum Gasteiger partial charge on any atom is 0.460 e. The maximum absolute atomic E-state index is 9.00. The molecule has 0 spiro atoms. The molecule has 22 heavy (non-hydrogen) atoms. The predicted molar refractivity (Wildman–Crippen MR) is 86.1 cm³/mol. The number of hydrogen-bond acceptors (Lipinski definition) is 4. The van der Waals surface area contributed by atoms with Gasteiger partial charge in [0.2, 0.25) is 0 Å². The topological polar surface area (TPSA) is 51.5 Å². The lowest BCUT2D eigenvalue weighted by molar-refractivity contribution is 0.00578. The summed E-state index contributed by atoms with van der Waals surface area (Å²) < 4.78 is 17.8. The number of benzene rings is 1. The largest absolute Gasteiger partial charge is 0.460 e. The average molecular weight is 301 g/mol. The molecule has 5 heteroatoms. The molecule has 1 atom stereocenters. The Kier molecular flexibility index (Phi) is 5.28. The fourth-order valence-electron chi connectivity index (χ4n) is 2.38. The van der Waals surface area contributed by atoms with Gasteiger partial charge in [0.05, 0.1) is 36.4 Å². The molecule has 1 aromatic carbocycles. The Hall–Kier alpha value is -1.35. The second-order valence-corrected chi connectivity index (χ2v) is 6.70. The first-order valence-corrected chi connectivity index (χ1v) is 7.72. The van der Waals surface area contributed by atoms with Gasteiger partial charge in [-0.3, -0.25) is 0 Å². The van der Waals surface area contributed by atoms with Gasteiger partial charge in [0.15, 0.2) is 0 Å². The van der Waals surface area contributed by atoms with Gasteiger partial charge in [-0.1, -0.05) is 30.3 Å². The van der Waals surface area contributed by atoms with Gasteiger partial charge < -0.3 is 14.0 Å². The highest BCUT2D eigenvalue weighted by Gasteiger charge is 2.51. The first kappa shape index (κ1) is 17.0. The third kappa shape index (κ3) is 4.10. The molecule has 2 rings (SSSR count). The van der Waals surface area contributed by atoms with Crippen molar-refractivity contribution in [3.63, 3.8) is 0 Å². The first-order valence-electron chi connectivity index (χ1n) is 7.72. The molecule has 0 bridgehead atoms. The Morgan fingerprint density at radius 3 is 2.27 bits per heavy atom. The summed E-state index contributed by atoms with van der Waals surface area (Å²) in [5, 5.41) is 9.00. The summed E-state index contributed by atoms with van der Waals surface area (Å²) in [6, 6.07) is 12.1. The highest BCUT2D eigenvalue weighted by Crippen LogP contribution is 2.38. The van der Waals surface area contributed by atoms with E-state index in [0.717, 1.165) is 5.56 Å². The second-order valence-electron chi connectivity index (χ2n) is 6.70. The number of ether oxygens (including phenoxy) is 1. The van der Waals surface area contributed by atoms with Crippen molar-refractivity contribution in [1.82, 2.24) is 0 Å². The average Bonchev–Trinajstić information content (AvgIpc) is 2.65. The van der Waals surface area contributed by atoms with Crippen LogP contribution in [0, 0.1) is 11.3 Å². The van der Waals surface area contributed by atoms with Crippen molar-refractivity contribution in [1.29, 1.82) is 5.26 Å². The second kappa shape index (κ2) is 6.83. The van der Waals surface area contributed by atoms with E-state index in [9.17, 15) is 0 Å². The summed E-state index contributed by atoms with van der Waals surface area (Å²) in [4.78, 5) is 0. The molecule has 118 valence electrons. The molecule has 1 aromatic rings. The number of rotatable bonds is 6. The van der Waals surface area contributed by atoms with E-state index in [1.807, 2.05) is 58.0 Å². The Morgan fingerprint density at radius 2 is 1.73 bits per heavy atom. The van der Waals surface area contributed by atoms with Crippen LogP contribution in [0.3, 0.4) is 0 Å². The molecule has 0 radical (unpaired) electrons. The normalized spacial score (nSPS) is 20.6. The zero-order chi connectivity index (χ0) is 16.2. The molecule has 1 aliphatic heterocycles. The Labute approximate surface area is 133 Å². The summed E-state index contributed by atoms with van der Waals surface area (Å²) in [5.74, 6) is 0. The molecular formula is C17H24BNO3. The SMILES string of the molecule is CC1(C)OB(CC(CC#N)OCc2ccccc2)OC1(C)C. The van der Waals surface area contributed by atoms with Gasteiger partial charge >= 0.3 is 7.12 Å². The van der Waals surface area contributed by atoms with Crippen LogP contribution in [0.1, 0.15) is 39.7 Å². The van der Waals surface area contributed by atoms with Crippen molar-refractivity contribution in [3.8, 4) is 6.07 Å². The highest BCUT2D eigenvalue weighted by molar-refractivity contribution is 6.45. The molecule has 0 N–H and O–H groups in total. The van der Waals surface area contributed by atoms with Gasteiger partial charge in [-0.2, -0.15) is 5.26 Å². The van der Waals surface area contributed by atoms with E-state index in [0.29, 0.717) is 19.3 Å². The standard InChI is InChI=1S/C17H24BNO3/c1-16(2)17(3,4)22-18(21-16)12-15(10-11-19)20-13-14-8-6-5-7-9-14/h5-9,15H,10,12-13H2,1-4H3. The maximum atomic E-state index is 9.00. The third-order valence-electron chi connectivity index (χ3n) is 4.40. The first-order chi connectivity index (χ1) is 10.3. The number of hydrogen-bond donors (Lipinski definition) is 0.